The van der Waals surface area contributed by atoms with E-state index in [1.54, 1.807) is 0 Å². The highest BCUT2D eigenvalue weighted by molar-refractivity contribution is 6.31. The SMILES string of the molecule is COc1c(NC2CC(O[C@H]3C[C@](O)(C(C)=O)Cc4c(O)c5c(c(O)c43)C(=O)c3c(O)cccc3C5=O)OC(C)C2O)c(=O)c1=O. The monoisotopic (exact) mass is 623 g/mol. The molecule has 6 atom stereocenters. The minimum absolute atomic E-state index is 0.130. The molecule has 14 heteroatoms. The Labute approximate surface area is 254 Å². The van der Waals surface area contributed by atoms with Crippen LogP contribution < -0.4 is 20.9 Å². The molecule has 0 spiro atoms. The van der Waals surface area contributed by atoms with Crippen molar-refractivity contribution in [2.24, 2.45) is 0 Å². The molecule has 3 aromatic rings. The molecule has 0 aromatic heterocycles. The maximum atomic E-state index is 13.6. The van der Waals surface area contributed by atoms with E-state index in [9.17, 15) is 49.5 Å². The summed E-state index contributed by atoms with van der Waals surface area (Å²) in [5.41, 5.74) is -5.97. The summed E-state index contributed by atoms with van der Waals surface area (Å²) >= 11 is 0. The molecule has 3 aromatic carbocycles. The van der Waals surface area contributed by atoms with Crippen molar-refractivity contribution in [2.45, 2.75) is 69.4 Å². The summed E-state index contributed by atoms with van der Waals surface area (Å²) < 4.78 is 16.9. The molecule has 6 rings (SSSR count). The zero-order chi connectivity index (χ0) is 32.7. The van der Waals surface area contributed by atoms with Crippen LogP contribution in [-0.2, 0) is 20.7 Å². The van der Waals surface area contributed by atoms with E-state index in [0.717, 1.165) is 6.92 Å². The lowest BCUT2D eigenvalue weighted by Gasteiger charge is -2.43. The van der Waals surface area contributed by atoms with Crippen molar-refractivity contribution in [2.75, 3.05) is 12.4 Å². The van der Waals surface area contributed by atoms with Gasteiger partial charge in [-0.25, -0.2) is 0 Å². The molecule has 0 saturated carbocycles. The fraction of sp³-hybridized carbons (Fsp3) is 0.387. The Morgan fingerprint density at radius 1 is 1.02 bits per heavy atom. The molecule has 1 saturated heterocycles. The molecule has 0 amide bonds. The number of phenols is 3. The van der Waals surface area contributed by atoms with Crippen molar-refractivity contribution in [1.82, 2.24) is 0 Å². The number of fused-ring (bicyclic) bond motifs is 3. The Morgan fingerprint density at radius 2 is 1.71 bits per heavy atom. The number of hydrogen-bond donors (Lipinski definition) is 6. The maximum absolute atomic E-state index is 13.6. The first kappa shape index (κ1) is 30.4. The minimum Gasteiger partial charge on any atom is -0.507 e. The Balaban J connectivity index is 1.42. The number of ketones is 3. The van der Waals surface area contributed by atoms with Gasteiger partial charge >= 0.3 is 0 Å². The third kappa shape index (κ3) is 4.43. The van der Waals surface area contributed by atoms with E-state index < -0.39 is 106 Å². The molecule has 4 unspecified atom stereocenters. The lowest BCUT2D eigenvalue weighted by molar-refractivity contribution is -0.245. The number of aromatic hydroxyl groups is 3. The van der Waals surface area contributed by atoms with E-state index in [1.165, 1.54) is 32.2 Å². The molecule has 2 aliphatic carbocycles. The van der Waals surface area contributed by atoms with Gasteiger partial charge in [-0.1, -0.05) is 12.1 Å². The van der Waals surface area contributed by atoms with Crippen LogP contribution in [-0.4, -0.2) is 80.1 Å². The average molecular weight is 624 g/mol. The van der Waals surface area contributed by atoms with Crippen molar-refractivity contribution in [1.29, 1.82) is 0 Å². The van der Waals surface area contributed by atoms with Gasteiger partial charge in [0.25, 0.3) is 10.9 Å². The highest BCUT2D eigenvalue weighted by Gasteiger charge is 2.49. The van der Waals surface area contributed by atoms with E-state index in [2.05, 4.69) is 5.32 Å². The summed E-state index contributed by atoms with van der Waals surface area (Å²) in [4.78, 5) is 63.6. The lowest BCUT2D eigenvalue weighted by atomic mass is 9.72. The Hall–Kier alpha value is -4.63. The topological polar surface area (TPSA) is 226 Å². The number of rotatable bonds is 6. The van der Waals surface area contributed by atoms with Gasteiger partial charge < -0.3 is 45.1 Å². The van der Waals surface area contributed by atoms with Gasteiger partial charge in [-0.2, -0.15) is 0 Å². The van der Waals surface area contributed by atoms with Crippen LogP contribution in [0.5, 0.6) is 23.0 Å². The van der Waals surface area contributed by atoms with Gasteiger partial charge in [-0.15, -0.1) is 0 Å². The largest absolute Gasteiger partial charge is 0.507 e. The number of aliphatic hydroxyl groups excluding tert-OH is 1. The molecule has 6 N–H and O–H groups in total. The highest BCUT2D eigenvalue weighted by Crippen LogP contribution is 2.52. The number of phenolic OH excluding ortho intramolecular Hbond substituents is 3. The van der Waals surface area contributed by atoms with Crippen LogP contribution in [0.4, 0.5) is 5.69 Å². The molecule has 1 aliphatic heterocycles. The molecule has 0 bridgehead atoms. The van der Waals surface area contributed by atoms with Gasteiger partial charge in [-0.05, 0) is 19.9 Å². The molecule has 0 radical (unpaired) electrons. The predicted octanol–water partition coefficient (Wildman–Crippen LogP) is 0.484. The Bertz CT molecular complexity index is 1870. The van der Waals surface area contributed by atoms with Crippen LogP contribution in [0, 0.1) is 0 Å². The van der Waals surface area contributed by atoms with Crippen LogP contribution in [0.15, 0.2) is 27.8 Å². The number of benzene rings is 2. The number of carbonyl (C=O) groups excluding carboxylic acids is 3. The first-order valence-corrected chi connectivity index (χ1v) is 14.1. The number of methoxy groups -OCH3 is 1. The van der Waals surface area contributed by atoms with Crippen molar-refractivity contribution in [3.05, 3.63) is 72.0 Å². The quantitative estimate of drug-likeness (QED) is 0.127. The van der Waals surface area contributed by atoms with E-state index in [4.69, 9.17) is 14.2 Å². The van der Waals surface area contributed by atoms with Crippen molar-refractivity contribution in [3.63, 3.8) is 0 Å². The van der Waals surface area contributed by atoms with Gasteiger partial charge in [0.2, 0.25) is 5.78 Å². The summed E-state index contributed by atoms with van der Waals surface area (Å²) in [5.74, 6) is -4.68. The summed E-state index contributed by atoms with van der Waals surface area (Å²) in [5, 5.41) is 58.2. The first-order chi connectivity index (χ1) is 21.2. The average Bonchev–Trinajstić information content (AvgIpc) is 2.99. The summed E-state index contributed by atoms with van der Waals surface area (Å²) in [6.07, 6.45) is -5.83. The summed E-state index contributed by atoms with van der Waals surface area (Å²) in [7, 11) is 1.21. The molecular weight excluding hydrogens is 594 g/mol. The van der Waals surface area contributed by atoms with E-state index >= 15 is 0 Å². The number of nitrogens with one attached hydrogen (secondary N) is 1. The fourth-order valence-electron chi connectivity index (χ4n) is 6.49. The Kier molecular flexibility index (Phi) is 7.08. The van der Waals surface area contributed by atoms with E-state index in [1.807, 2.05) is 0 Å². The molecular formula is C31H29NO13. The fourth-order valence-corrected chi connectivity index (χ4v) is 6.49. The normalized spacial score (nSPS) is 27.4. The zero-order valence-electron chi connectivity index (χ0n) is 24.2. The smallest absolute Gasteiger partial charge is 0.271 e. The second-order valence-corrected chi connectivity index (χ2v) is 11.6. The molecule has 45 heavy (non-hydrogen) atoms. The molecule has 1 heterocycles. The lowest BCUT2D eigenvalue weighted by Crippen LogP contribution is -2.53. The Morgan fingerprint density at radius 3 is 2.38 bits per heavy atom. The maximum Gasteiger partial charge on any atom is 0.271 e. The molecule has 3 aliphatic rings. The number of ether oxygens (including phenoxy) is 3. The molecule has 236 valence electrons. The minimum atomic E-state index is -2.12. The first-order valence-electron chi connectivity index (χ1n) is 14.1. The van der Waals surface area contributed by atoms with Crippen LogP contribution in [0.2, 0.25) is 0 Å². The van der Waals surface area contributed by atoms with Crippen molar-refractivity contribution >= 4 is 23.0 Å². The van der Waals surface area contributed by atoms with Crippen LogP contribution >= 0.6 is 0 Å². The van der Waals surface area contributed by atoms with Crippen LogP contribution in [0.3, 0.4) is 0 Å². The summed E-state index contributed by atoms with van der Waals surface area (Å²) in [6.45, 7) is 2.64. The van der Waals surface area contributed by atoms with Gasteiger partial charge in [0.15, 0.2) is 23.6 Å². The second kappa shape index (κ2) is 10.5. The second-order valence-electron chi connectivity index (χ2n) is 11.6. The third-order valence-electron chi connectivity index (χ3n) is 8.95. The highest BCUT2D eigenvalue weighted by atomic mass is 16.7. The van der Waals surface area contributed by atoms with Crippen LogP contribution in [0.25, 0.3) is 0 Å². The number of hydrogen-bond acceptors (Lipinski definition) is 14. The van der Waals surface area contributed by atoms with Gasteiger partial charge in [0.05, 0.1) is 42.0 Å². The van der Waals surface area contributed by atoms with E-state index in [0.29, 0.717) is 0 Å². The standard InChI is InChI=1S/C31H29NO13/c1-10-23(35)14(32-22-28(40)29(41)30(22)43-3)7-17(44-10)45-16-9-31(42,11(2)33)8-13-19(16)27(39)21-20(25(13)37)24(36)12-5-4-6-15(34)18(12)26(21)38/h4-6,10,14,16-17,23,32,34-35,37,39,42H,7-9H2,1-3H3/t10?,14?,16-,17?,23?,31-/m0/s1. The third-order valence-corrected chi connectivity index (χ3v) is 8.95. The van der Waals surface area contributed by atoms with E-state index in [-0.39, 0.29) is 40.1 Å². The van der Waals surface area contributed by atoms with Gasteiger partial charge in [0.1, 0.15) is 34.6 Å². The van der Waals surface area contributed by atoms with Crippen molar-refractivity contribution < 1.29 is 54.1 Å². The van der Waals surface area contributed by atoms with Crippen molar-refractivity contribution in [3.8, 4) is 23.0 Å². The van der Waals surface area contributed by atoms with Gasteiger partial charge in [0, 0.05) is 36.0 Å². The van der Waals surface area contributed by atoms with Crippen LogP contribution in [0.1, 0.15) is 75.8 Å². The summed E-state index contributed by atoms with van der Waals surface area (Å²) in [6, 6.07) is 2.91. The molecule has 14 nitrogen and oxygen atoms in total. The number of anilines is 1. The predicted molar refractivity (Wildman–Crippen MR) is 153 cm³/mol. The molecule has 1 fully saturated rings. The number of Topliss-reactive ketones (excluding diaryl/α,β-unsaturated/α-hetero) is 1. The zero-order valence-corrected chi connectivity index (χ0v) is 24.2. The number of carbonyl (C=O) groups is 3. The number of aliphatic hydroxyl groups is 2. The van der Waals surface area contributed by atoms with Gasteiger partial charge in [-0.3, -0.25) is 24.0 Å².